The summed E-state index contributed by atoms with van der Waals surface area (Å²) in [5, 5.41) is 8.89. The Kier molecular flexibility index (Phi) is 2.45. The van der Waals surface area contributed by atoms with Crippen LogP contribution in [0.5, 0.6) is 0 Å². The van der Waals surface area contributed by atoms with Crippen LogP contribution in [-0.2, 0) is 5.41 Å². The summed E-state index contributed by atoms with van der Waals surface area (Å²) in [6.07, 6.45) is 1.48. The minimum Gasteiger partial charge on any atom is -0.198 e. The maximum atomic E-state index is 8.89. The zero-order valence-electron chi connectivity index (χ0n) is 10.5. The summed E-state index contributed by atoms with van der Waals surface area (Å²) in [5.74, 6) is 0. The minimum atomic E-state index is -0.0110. The lowest BCUT2D eigenvalue weighted by Crippen LogP contribution is -2.20. The Labute approximate surface area is 108 Å². The van der Waals surface area contributed by atoms with Gasteiger partial charge in [-0.2, -0.15) is 5.26 Å². The van der Waals surface area contributed by atoms with Gasteiger partial charge in [-0.1, -0.05) is 55.5 Å². The first-order valence-electron chi connectivity index (χ1n) is 6.34. The number of benzene rings is 2. The Bertz CT molecular complexity index is 589. The zero-order chi connectivity index (χ0) is 12.6. The molecule has 0 heterocycles. The fourth-order valence-corrected chi connectivity index (χ4v) is 3.12. The second kappa shape index (κ2) is 3.99. The van der Waals surface area contributed by atoms with Crippen LogP contribution in [0.25, 0.3) is 11.1 Å². The van der Waals surface area contributed by atoms with Crippen molar-refractivity contribution in [3.63, 3.8) is 0 Å². The fourth-order valence-electron chi connectivity index (χ4n) is 3.12. The summed E-state index contributed by atoms with van der Waals surface area (Å²) in [7, 11) is 0. The first-order chi connectivity index (χ1) is 8.77. The highest BCUT2D eigenvalue weighted by Gasteiger charge is 2.38. The number of rotatable bonds is 2. The Morgan fingerprint density at radius 3 is 1.94 bits per heavy atom. The number of hydrogen-bond donors (Lipinski definition) is 0. The molecular weight excluding hydrogens is 218 g/mol. The van der Waals surface area contributed by atoms with E-state index in [1.165, 1.54) is 22.3 Å². The van der Waals surface area contributed by atoms with Crippen molar-refractivity contribution in [1.29, 1.82) is 5.26 Å². The number of fused-ring (bicyclic) bond motifs is 3. The van der Waals surface area contributed by atoms with Gasteiger partial charge in [0.25, 0.3) is 0 Å². The third-order valence-electron chi connectivity index (χ3n) is 4.07. The largest absolute Gasteiger partial charge is 0.198 e. The average molecular weight is 233 g/mol. The van der Waals surface area contributed by atoms with Crippen molar-refractivity contribution in [3.05, 3.63) is 59.7 Å². The van der Waals surface area contributed by atoms with E-state index in [4.69, 9.17) is 5.26 Å². The van der Waals surface area contributed by atoms with Crippen molar-refractivity contribution in [2.24, 2.45) is 0 Å². The Hall–Kier alpha value is -2.07. The van der Waals surface area contributed by atoms with Gasteiger partial charge in [0.05, 0.1) is 6.07 Å². The molecule has 2 aromatic rings. The van der Waals surface area contributed by atoms with Crippen molar-refractivity contribution in [1.82, 2.24) is 0 Å². The molecule has 0 radical (unpaired) electrons. The molecule has 0 aliphatic heterocycles. The van der Waals surface area contributed by atoms with Gasteiger partial charge in [0.2, 0.25) is 0 Å². The molecule has 0 saturated heterocycles. The molecular formula is C17H15N. The van der Waals surface area contributed by atoms with Crippen LogP contribution in [0.4, 0.5) is 0 Å². The van der Waals surface area contributed by atoms with Gasteiger partial charge in [0.1, 0.15) is 0 Å². The lowest BCUT2D eigenvalue weighted by molar-refractivity contribution is 0.541. The smallest absolute Gasteiger partial charge is 0.0622 e. The van der Waals surface area contributed by atoms with E-state index in [-0.39, 0.29) is 5.41 Å². The standard InChI is InChI=1S/C17H15N/c1-17(11-6-12-18)15-9-4-2-7-13(15)14-8-3-5-10-16(14)17/h2-5,7-10H,6,11H2,1H3. The van der Waals surface area contributed by atoms with E-state index in [1.807, 2.05) is 0 Å². The highest BCUT2D eigenvalue weighted by molar-refractivity contribution is 5.80. The molecule has 0 aromatic heterocycles. The molecule has 0 unspecified atom stereocenters. The van der Waals surface area contributed by atoms with E-state index >= 15 is 0 Å². The third-order valence-corrected chi connectivity index (χ3v) is 4.07. The monoisotopic (exact) mass is 233 g/mol. The number of hydrogen-bond acceptors (Lipinski definition) is 1. The summed E-state index contributed by atoms with van der Waals surface area (Å²) in [4.78, 5) is 0. The van der Waals surface area contributed by atoms with E-state index < -0.39 is 0 Å². The first-order valence-corrected chi connectivity index (χ1v) is 6.34. The van der Waals surface area contributed by atoms with Crippen LogP contribution in [0.3, 0.4) is 0 Å². The van der Waals surface area contributed by atoms with Crippen molar-refractivity contribution in [2.45, 2.75) is 25.2 Å². The Morgan fingerprint density at radius 1 is 0.944 bits per heavy atom. The van der Waals surface area contributed by atoms with E-state index in [0.29, 0.717) is 6.42 Å². The molecule has 88 valence electrons. The summed E-state index contributed by atoms with van der Waals surface area (Å²) in [6, 6.07) is 19.4. The fraction of sp³-hybridized carbons (Fsp3) is 0.235. The molecule has 1 aliphatic rings. The zero-order valence-corrected chi connectivity index (χ0v) is 10.5. The van der Waals surface area contributed by atoms with Gasteiger partial charge in [-0.05, 0) is 28.7 Å². The minimum absolute atomic E-state index is 0.0110. The van der Waals surface area contributed by atoms with Crippen LogP contribution in [0.1, 0.15) is 30.9 Å². The Balaban J connectivity index is 2.24. The van der Waals surface area contributed by atoms with Gasteiger partial charge in [-0.15, -0.1) is 0 Å². The molecule has 2 aromatic carbocycles. The van der Waals surface area contributed by atoms with Gasteiger partial charge < -0.3 is 0 Å². The van der Waals surface area contributed by atoms with E-state index in [9.17, 15) is 0 Å². The van der Waals surface area contributed by atoms with Crippen LogP contribution in [0, 0.1) is 11.3 Å². The highest BCUT2D eigenvalue weighted by Crippen LogP contribution is 2.50. The molecule has 18 heavy (non-hydrogen) atoms. The van der Waals surface area contributed by atoms with Crippen LogP contribution in [0.15, 0.2) is 48.5 Å². The van der Waals surface area contributed by atoms with Crippen LogP contribution in [0.2, 0.25) is 0 Å². The number of nitriles is 1. The summed E-state index contributed by atoms with van der Waals surface area (Å²) < 4.78 is 0. The normalized spacial score (nSPS) is 14.7. The lowest BCUT2D eigenvalue weighted by atomic mass is 9.76. The summed E-state index contributed by atoms with van der Waals surface area (Å²) in [5.41, 5.74) is 5.37. The van der Waals surface area contributed by atoms with Gasteiger partial charge in [-0.3, -0.25) is 0 Å². The topological polar surface area (TPSA) is 23.8 Å². The van der Waals surface area contributed by atoms with E-state index in [0.717, 1.165) is 6.42 Å². The number of nitrogens with zero attached hydrogens (tertiary/aromatic N) is 1. The molecule has 1 heteroatoms. The molecule has 0 saturated carbocycles. The molecule has 0 fully saturated rings. The van der Waals surface area contributed by atoms with Crippen LogP contribution in [-0.4, -0.2) is 0 Å². The van der Waals surface area contributed by atoms with E-state index in [1.54, 1.807) is 0 Å². The van der Waals surface area contributed by atoms with Crippen molar-refractivity contribution in [3.8, 4) is 17.2 Å². The molecule has 0 N–H and O–H groups in total. The molecule has 0 atom stereocenters. The van der Waals surface area contributed by atoms with E-state index in [2.05, 4.69) is 61.5 Å². The van der Waals surface area contributed by atoms with Gasteiger partial charge >= 0.3 is 0 Å². The van der Waals surface area contributed by atoms with Gasteiger partial charge in [0.15, 0.2) is 0 Å². The summed E-state index contributed by atoms with van der Waals surface area (Å²) >= 11 is 0. The molecule has 0 spiro atoms. The molecule has 1 nitrogen and oxygen atoms in total. The lowest BCUT2D eigenvalue weighted by Gasteiger charge is -2.26. The molecule has 3 rings (SSSR count). The van der Waals surface area contributed by atoms with Crippen molar-refractivity contribution in [2.75, 3.05) is 0 Å². The predicted octanol–water partition coefficient (Wildman–Crippen LogP) is 4.28. The quantitative estimate of drug-likeness (QED) is 0.759. The molecule has 0 amide bonds. The molecule has 1 aliphatic carbocycles. The molecule has 0 bridgehead atoms. The maximum Gasteiger partial charge on any atom is 0.0622 e. The van der Waals surface area contributed by atoms with Gasteiger partial charge in [-0.25, -0.2) is 0 Å². The maximum absolute atomic E-state index is 8.89. The van der Waals surface area contributed by atoms with Crippen LogP contribution < -0.4 is 0 Å². The third kappa shape index (κ3) is 1.39. The first kappa shape index (κ1) is 11.0. The second-order valence-corrected chi connectivity index (χ2v) is 5.08. The summed E-state index contributed by atoms with van der Waals surface area (Å²) in [6.45, 7) is 2.26. The van der Waals surface area contributed by atoms with Crippen molar-refractivity contribution >= 4 is 0 Å². The average Bonchev–Trinajstić information content (AvgIpc) is 2.69. The predicted molar refractivity (Wildman–Crippen MR) is 73.2 cm³/mol. The van der Waals surface area contributed by atoms with Crippen LogP contribution >= 0.6 is 0 Å². The SMILES string of the molecule is CC1(CCC#N)c2ccccc2-c2ccccc21. The van der Waals surface area contributed by atoms with Crippen molar-refractivity contribution < 1.29 is 0 Å². The van der Waals surface area contributed by atoms with Gasteiger partial charge in [0, 0.05) is 11.8 Å². The second-order valence-electron chi connectivity index (χ2n) is 5.08. The Morgan fingerprint density at radius 2 is 1.44 bits per heavy atom. The highest BCUT2D eigenvalue weighted by atomic mass is 14.4.